The van der Waals surface area contributed by atoms with Gasteiger partial charge in [0.05, 0.1) is 0 Å². The molecule has 0 saturated carbocycles. The van der Waals surface area contributed by atoms with E-state index in [9.17, 15) is 0 Å². The van der Waals surface area contributed by atoms with Gasteiger partial charge >= 0.3 is 0 Å². The first-order chi connectivity index (χ1) is 2.00. The van der Waals surface area contributed by atoms with E-state index in [0.717, 1.165) is 7.11 Å². The van der Waals surface area contributed by atoms with Gasteiger partial charge in [-0.3, -0.25) is 0 Å². The Kier molecular flexibility index (Phi) is 3810. The third-order valence-corrected chi connectivity index (χ3v) is 0. The van der Waals surface area contributed by atoms with E-state index < -0.39 is 0 Å². The molecular weight excluding hydrogens is 54.0 g/mol. The fourth-order valence-electron chi connectivity index (χ4n) is 0. The summed E-state index contributed by atoms with van der Waals surface area (Å²) in [6, 6.07) is 0. The largest absolute Gasteiger partial charge is 0.400 e. The molecule has 0 bridgehead atoms. The quantitative estimate of drug-likeness (QED) is 0.386. The van der Waals surface area contributed by atoms with Crippen LogP contribution in [-0.4, -0.2) is 19.3 Å². The summed E-state index contributed by atoms with van der Waals surface area (Å²) in [5.74, 6) is 0. The molecule has 0 atom stereocenters. The van der Waals surface area contributed by atoms with Gasteiger partial charge in [-0.1, -0.05) is 0 Å². The fourth-order valence-corrected chi connectivity index (χ4v) is 0. The van der Waals surface area contributed by atoms with E-state index in [2.05, 4.69) is 5.73 Å². The molecule has 2 heteroatoms. The highest BCUT2D eigenvalue weighted by Crippen LogP contribution is 0.755. The molecular formula is C2H9NO. The van der Waals surface area contributed by atoms with Gasteiger partial charge in [-0.25, -0.2) is 0 Å². The number of hydrogen-bond donors (Lipinski definition) is 2. The molecule has 0 aliphatic carbocycles. The number of nitrogens with two attached hydrogens (primary N) is 1. The number of aliphatic hydroxyl groups is 1. The Labute approximate surface area is 26.2 Å². The highest BCUT2D eigenvalue weighted by atomic mass is 16.2. The maximum absolute atomic E-state index is 7.00. The topological polar surface area (TPSA) is 46.2 Å². The fraction of sp³-hybridized carbons (Fsp3) is 1.00. The minimum atomic E-state index is 1.00. The van der Waals surface area contributed by atoms with Crippen molar-refractivity contribution in [1.82, 2.24) is 0 Å². The van der Waals surface area contributed by atoms with Crippen molar-refractivity contribution < 1.29 is 5.11 Å². The zero-order chi connectivity index (χ0) is 4.00. The SMILES string of the molecule is CN.CO. The Morgan fingerprint density at radius 1 is 1.25 bits per heavy atom. The maximum atomic E-state index is 7.00. The summed E-state index contributed by atoms with van der Waals surface area (Å²) >= 11 is 0. The molecule has 0 aromatic rings. The molecule has 4 heavy (non-hydrogen) atoms. The molecule has 2 nitrogen and oxygen atoms in total. The van der Waals surface area contributed by atoms with Crippen molar-refractivity contribution in [3.05, 3.63) is 0 Å². The molecule has 0 heterocycles. The lowest BCUT2D eigenvalue weighted by molar-refractivity contribution is 0.399. The van der Waals surface area contributed by atoms with Crippen LogP contribution in [0.1, 0.15) is 0 Å². The highest BCUT2D eigenvalue weighted by molar-refractivity contribution is 3.54. The minimum absolute atomic E-state index is 1.00. The minimum Gasteiger partial charge on any atom is -0.400 e. The van der Waals surface area contributed by atoms with Gasteiger partial charge in [-0.15, -0.1) is 0 Å². The second-order valence-electron chi connectivity index (χ2n) is 0. The Bertz CT molecular complexity index is 6.00. The first kappa shape index (κ1) is 9.07. The van der Waals surface area contributed by atoms with Crippen molar-refractivity contribution in [2.45, 2.75) is 0 Å². The monoisotopic (exact) mass is 63.1 g/mol. The van der Waals surface area contributed by atoms with Crippen LogP contribution in [0.4, 0.5) is 0 Å². The van der Waals surface area contributed by atoms with Crippen LogP contribution >= 0.6 is 0 Å². The van der Waals surface area contributed by atoms with E-state index in [1.807, 2.05) is 0 Å². The molecule has 0 rings (SSSR count). The molecule has 0 unspecified atom stereocenters. The molecule has 0 aromatic carbocycles. The lowest BCUT2D eigenvalue weighted by Crippen LogP contribution is -1.69. The summed E-state index contributed by atoms with van der Waals surface area (Å²) in [6.45, 7) is 0. The first-order valence-corrected chi connectivity index (χ1v) is 1.02. The van der Waals surface area contributed by atoms with Gasteiger partial charge in [0, 0.05) is 7.11 Å². The Balaban J connectivity index is 0. The molecule has 0 radical (unpaired) electrons. The predicted molar refractivity (Wildman–Crippen MR) is 18.3 cm³/mol. The van der Waals surface area contributed by atoms with Crippen LogP contribution in [0.15, 0.2) is 0 Å². The van der Waals surface area contributed by atoms with Crippen molar-refractivity contribution in [1.29, 1.82) is 0 Å². The number of rotatable bonds is 0. The van der Waals surface area contributed by atoms with Crippen LogP contribution in [0.25, 0.3) is 0 Å². The average Bonchev–Trinajstić information content (AvgIpc) is 1.50. The summed E-state index contributed by atoms with van der Waals surface area (Å²) in [7, 11) is 2.50. The van der Waals surface area contributed by atoms with Gasteiger partial charge in [0.2, 0.25) is 0 Å². The smallest absolute Gasteiger partial charge is 0.0319 e. The van der Waals surface area contributed by atoms with Gasteiger partial charge in [0.25, 0.3) is 0 Å². The van der Waals surface area contributed by atoms with Crippen molar-refractivity contribution in [2.75, 3.05) is 14.2 Å². The van der Waals surface area contributed by atoms with Crippen LogP contribution in [0, 0.1) is 0 Å². The lowest BCUT2D eigenvalue weighted by Gasteiger charge is -1.21. The van der Waals surface area contributed by atoms with E-state index in [4.69, 9.17) is 5.11 Å². The van der Waals surface area contributed by atoms with Gasteiger partial charge < -0.3 is 10.8 Å². The van der Waals surface area contributed by atoms with Crippen LogP contribution in [0.3, 0.4) is 0 Å². The van der Waals surface area contributed by atoms with E-state index in [0.29, 0.717) is 0 Å². The zero-order valence-corrected chi connectivity index (χ0v) is 3.02. The molecule has 0 aromatic heterocycles. The van der Waals surface area contributed by atoms with Gasteiger partial charge in [-0.2, -0.15) is 0 Å². The lowest BCUT2D eigenvalue weighted by atomic mass is 11.6. The van der Waals surface area contributed by atoms with Crippen molar-refractivity contribution in [3.8, 4) is 0 Å². The summed E-state index contributed by atoms with van der Waals surface area (Å²) in [5.41, 5.74) is 4.50. The average molecular weight is 63.1 g/mol. The maximum Gasteiger partial charge on any atom is 0.0319 e. The second kappa shape index (κ2) is 1680. The van der Waals surface area contributed by atoms with Crippen LogP contribution in [0.5, 0.6) is 0 Å². The molecule has 0 fully saturated rings. The number of hydrogen-bond acceptors (Lipinski definition) is 2. The highest BCUT2D eigenvalue weighted by Gasteiger charge is 0.840. The first-order valence-electron chi connectivity index (χ1n) is 1.02. The molecule has 0 spiro atoms. The molecule has 0 aliphatic rings. The predicted octanol–water partition coefficient (Wildman–Crippen LogP) is -0.817. The third kappa shape index (κ3) is 254. The van der Waals surface area contributed by atoms with E-state index >= 15 is 0 Å². The summed E-state index contributed by atoms with van der Waals surface area (Å²) in [4.78, 5) is 0. The van der Waals surface area contributed by atoms with Gasteiger partial charge in [0.15, 0.2) is 0 Å². The molecule has 3 N–H and O–H groups in total. The summed E-state index contributed by atoms with van der Waals surface area (Å²) in [6.07, 6.45) is 0. The van der Waals surface area contributed by atoms with Crippen LogP contribution in [-0.2, 0) is 0 Å². The third-order valence-electron chi connectivity index (χ3n) is 0. The molecule has 0 amide bonds. The standard InChI is InChI=1S/CH5N.CH4O/c2*1-2/h2H2,1H3;2H,1H3. The molecule has 28 valence electrons. The van der Waals surface area contributed by atoms with Crippen molar-refractivity contribution in [2.24, 2.45) is 5.73 Å². The second-order valence-corrected chi connectivity index (χ2v) is 0. The van der Waals surface area contributed by atoms with E-state index in [1.165, 1.54) is 7.05 Å². The summed E-state index contributed by atoms with van der Waals surface area (Å²) < 4.78 is 0. The van der Waals surface area contributed by atoms with Crippen LogP contribution < -0.4 is 5.73 Å². The van der Waals surface area contributed by atoms with E-state index in [-0.39, 0.29) is 0 Å². The normalized spacial score (nSPS) is 3.00. The Morgan fingerprint density at radius 2 is 1.25 bits per heavy atom. The van der Waals surface area contributed by atoms with Crippen molar-refractivity contribution >= 4 is 0 Å². The van der Waals surface area contributed by atoms with Crippen molar-refractivity contribution in [3.63, 3.8) is 0 Å². The molecule has 0 aliphatic heterocycles. The van der Waals surface area contributed by atoms with E-state index in [1.54, 1.807) is 0 Å². The Hall–Kier alpha value is -0.0800. The Morgan fingerprint density at radius 3 is 1.25 bits per heavy atom. The summed E-state index contributed by atoms with van der Waals surface area (Å²) in [5, 5.41) is 7.00. The zero-order valence-electron chi connectivity index (χ0n) is 3.02. The number of aliphatic hydroxyl groups excluding tert-OH is 1. The van der Waals surface area contributed by atoms with Gasteiger partial charge in [-0.05, 0) is 7.05 Å². The van der Waals surface area contributed by atoms with Crippen LogP contribution in [0.2, 0.25) is 0 Å². The molecule has 0 saturated heterocycles. The van der Waals surface area contributed by atoms with Gasteiger partial charge in [0.1, 0.15) is 0 Å².